The third-order valence-corrected chi connectivity index (χ3v) is 5.57. The van der Waals surface area contributed by atoms with Crippen molar-refractivity contribution in [1.29, 1.82) is 0 Å². The number of carbonyl (C=O) groups is 2. The third kappa shape index (κ3) is 6.43. The van der Waals surface area contributed by atoms with E-state index < -0.39 is 6.04 Å². The van der Waals surface area contributed by atoms with E-state index in [0.717, 1.165) is 11.1 Å². The molecule has 1 unspecified atom stereocenters. The summed E-state index contributed by atoms with van der Waals surface area (Å²) < 4.78 is 5.64. The average Bonchev–Trinajstić information content (AvgIpc) is 2.87. The molecule has 4 aromatic rings. The Hall–Kier alpha value is -4.23. The molecule has 2 N–H and O–H groups in total. The molecule has 4 rings (SSSR count). The molecule has 35 heavy (non-hydrogen) atoms. The Bertz CT molecular complexity index is 1320. The number of hydrogen-bond acceptors (Lipinski definition) is 5. The van der Waals surface area contributed by atoms with Gasteiger partial charge in [0, 0.05) is 18.1 Å². The van der Waals surface area contributed by atoms with Crippen LogP contribution >= 0.6 is 11.6 Å². The summed E-state index contributed by atoms with van der Waals surface area (Å²) in [6.45, 7) is 1.86. The van der Waals surface area contributed by atoms with Gasteiger partial charge in [-0.1, -0.05) is 54.1 Å². The second-order valence-electron chi connectivity index (χ2n) is 7.78. The Kier molecular flexibility index (Phi) is 7.70. The van der Waals surface area contributed by atoms with Gasteiger partial charge in [0.2, 0.25) is 5.91 Å². The number of anilines is 1. The number of aryl methyl sites for hydroxylation is 1. The molecular formula is C27H23ClN4O3. The number of aromatic nitrogens is 2. The van der Waals surface area contributed by atoms with Crippen molar-refractivity contribution in [2.45, 2.75) is 19.4 Å². The highest BCUT2D eigenvalue weighted by Gasteiger charge is 2.21. The fourth-order valence-electron chi connectivity index (χ4n) is 3.49. The van der Waals surface area contributed by atoms with Crippen LogP contribution in [0.4, 0.5) is 5.69 Å². The monoisotopic (exact) mass is 486 g/mol. The molecule has 0 spiro atoms. The Balaban J connectivity index is 1.46. The largest absolute Gasteiger partial charge is 0.424 e. The van der Waals surface area contributed by atoms with E-state index in [0.29, 0.717) is 22.0 Å². The van der Waals surface area contributed by atoms with E-state index in [1.807, 2.05) is 37.3 Å². The number of rotatable bonds is 8. The van der Waals surface area contributed by atoms with Crippen molar-refractivity contribution in [1.82, 2.24) is 15.3 Å². The first-order valence-corrected chi connectivity index (χ1v) is 11.3. The molecule has 0 bridgehead atoms. The Labute approximate surface area is 208 Å². The summed E-state index contributed by atoms with van der Waals surface area (Å²) in [4.78, 5) is 33.9. The predicted octanol–water partition coefficient (Wildman–Crippen LogP) is 5.73. The molecule has 3 aromatic carbocycles. The second kappa shape index (κ2) is 11.3. The van der Waals surface area contributed by atoms with E-state index in [-0.39, 0.29) is 24.2 Å². The lowest BCUT2D eigenvalue weighted by atomic mass is 10.0. The van der Waals surface area contributed by atoms with Crippen LogP contribution in [0.3, 0.4) is 0 Å². The van der Waals surface area contributed by atoms with E-state index in [4.69, 9.17) is 16.3 Å². The molecule has 176 valence electrons. The van der Waals surface area contributed by atoms with Crippen molar-refractivity contribution in [2.75, 3.05) is 5.32 Å². The molecular weight excluding hydrogens is 464 g/mol. The van der Waals surface area contributed by atoms with Crippen LogP contribution in [0, 0.1) is 6.92 Å². The summed E-state index contributed by atoms with van der Waals surface area (Å²) >= 11 is 6.18. The van der Waals surface area contributed by atoms with Crippen molar-refractivity contribution in [3.63, 3.8) is 0 Å². The van der Waals surface area contributed by atoms with Gasteiger partial charge in [-0.2, -0.15) is 0 Å². The fraction of sp³-hybridized carbons (Fsp3) is 0.111. The van der Waals surface area contributed by atoms with Crippen LogP contribution < -0.4 is 15.4 Å². The number of hydrogen-bond donors (Lipinski definition) is 2. The lowest BCUT2D eigenvalue weighted by Gasteiger charge is -2.20. The highest BCUT2D eigenvalue weighted by Crippen LogP contribution is 2.26. The van der Waals surface area contributed by atoms with Gasteiger partial charge < -0.3 is 15.4 Å². The van der Waals surface area contributed by atoms with Crippen LogP contribution in [0.5, 0.6) is 11.8 Å². The number of ether oxygens (including phenoxy) is 1. The lowest BCUT2D eigenvalue weighted by Crippen LogP contribution is -2.31. The summed E-state index contributed by atoms with van der Waals surface area (Å²) in [5.74, 6) is -0.0413. The molecule has 0 radical (unpaired) electrons. The number of benzene rings is 3. The maximum atomic E-state index is 13.0. The summed E-state index contributed by atoms with van der Waals surface area (Å²) in [6, 6.07) is 22.8. The standard InChI is InChI=1S/C27H23ClN4O3/c1-18-16-20(35-27-29-14-7-15-30-27)12-13-23(18)31-25(33)17-24(19-8-3-2-4-9-19)32-26(34)21-10-5-6-11-22(21)28/h2-16,24H,17H2,1H3,(H,31,33)(H,32,34). The van der Waals surface area contributed by atoms with E-state index in [1.165, 1.54) is 0 Å². The molecule has 2 amide bonds. The van der Waals surface area contributed by atoms with Gasteiger partial charge in [0.1, 0.15) is 5.75 Å². The topological polar surface area (TPSA) is 93.2 Å². The molecule has 1 aromatic heterocycles. The summed E-state index contributed by atoms with van der Waals surface area (Å²) in [6.07, 6.45) is 3.23. The molecule has 1 atom stereocenters. The van der Waals surface area contributed by atoms with Gasteiger partial charge in [0.25, 0.3) is 5.91 Å². The van der Waals surface area contributed by atoms with Crippen molar-refractivity contribution in [3.8, 4) is 11.8 Å². The molecule has 0 fully saturated rings. The first-order chi connectivity index (χ1) is 17.0. The van der Waals surface area contributed by atoms with Crippen LogP contribution in [-0.4, -0.2) is 21.8 Å². The molecule has 0 aliphatic heterocycles. The second-order valence-corrected chi connectivity index (χ2v) is 8.19. The van der Waals surface area contributed by atoms with Crippen LogP contribution in [-0.2, 0) is 4.79 Å². The van der Waals surface area contributed by atoms with Crippen molar-refractivity contribution in [3.05, 3.63) is 113 Å². The number of carbonyl (C=O) groups excluding carboxylic acids is 2. The van der Waals surface area contributed by atoms with Crippen LogP contribution in [0.25, 0.3) is 0 Å². The minimum atomic E-state index is -0.543. The summed E-state index contributed by atoms with van der Waals surface area (Å²) in [5, 5.41) is 6.21. The van der Waals surface area contributed by atoms with Crippen molar-refractivity contribution >= 4 is 29.1 Å². The first kappa shape index (κ1) is 23.9. The molecule has 8 heteroatoms. The van der Waals surface area contributed by atoms with E-state index in [2.05, 4.69) is 20.6 Å². The Morgan fingerprint density at radius 3 is 2.37 bits per heavy atom. The maximum absolute atomic E-state index is 13.0. The first-order valence-electron chi connectivity index (χ1n) is 11.0. The van der Waals surface area contributed by atoms with Gasteiger partial charge in [-0.25, -0.2) is 9.97 Å². The smallest absolute Gasteiger partial charge is 0.321 e. The van der Waals surface area contributed by atoms with Gasteiger partial charge in [-0.05, 0) is 54.4 Å². The average molecular weight is 487 g/mol. The molecule has 0 aliphatic rings. The highest BCUT2D eigenvalue weighted by molar-refractivity contribution is 6.33. The normalized spacial score (nSPS) is 11.4. The van der Waals surface area contributed by atoms with E-state index in [1.54, 1.807) is 60.9 Å². The quantitative estimate of drug-likeness (QED) is 0.331. The fourth-order valence-corrected chi connectivity index (χ4v) is 3.71. The maximum Gasteiger partial charge on any atom is 0.321 e. The predicted molar refractivity (Wildman–Crippen MR) is 135 cm³/mol. The van der Waals surface area contributed by atoms with E-state index >= 15 is 0 Å². The van der Waals surface area contributed by atoms with Crippen molar-refractivity contribution < 1.29 is 14.3 Å². The summed E-state index contributed by atoms with van der Waals surface area (Å²) in [7, 11) is 0. The van der Waals surface area contributed by atoms with Gasteiger partial charge in [0.15, 0.2) is 0 Å². The number of nitrogens with one attached hydrogen (secondary N) is 2. The molecule has 0 saturated carbocycles. The van der Waals surface area contributed by atoms with Gasteiger partial charge >= 0.3 is 6.01 Å². The summed E-state index contributed by atoms with van der Waals surface area (Å²) in [5.41, 5.74) is 2.61. The Morgan fingerprint density at radius 1 is 0.943 bits per heavy atom. The molecule has 0 saturated heterocycles. The number of halogens is 1. The van der Waals surface area contributed by atoms with Gasteiger partial charge in [0.05, 0.1) is 23.0 Å². The Morgan fingerprint density at radius 2 is 1.66 bits per heavy atom. The van der Waals surface area contributed by atoms with E-state index in [9.17, 15) is 9.59 Å². The SMILES string of the molecule is Cc1cc(Oc2ncccn2)ccc1NC(=O)CC(NC(=O)c1ccccc1Cl)c1ccccc1. The van der Waals surface area contributed by atoms with Crippen LogP contribution in [0.1, 0.15) is 33.9 Å². The highest BCUT2D eigenvalue weighted by atomic mass is 35.5. The van der Waals surface area contributed by atoms with Crippen molar-refractivity contribution in [2.24, 2.45) is 0 Å². The number of amides is 2. The number of nitrogens with zero attached hydrogens (tertiary/aromatic N) is 2. The lowest BCUT2D eigenvalue weighted by molar-refractivity contribution is -0.116. The zero-order valence-electron chi connectivity index (χ0n) is 18.9. The zero-order valence-corrected chi connectivity index (χ0v) is 19.7. The minimum Gasteiger partial charge on any atom is -0.424 e. The molecule has 1 heterocycles. The van der Waals surface area contributed by atoms with Gasteiger partial charge in [-0.15, -0.1) is 0 Å². The molecule has 0 aliphatic carbocycles. The zero-order chi connectivity index (χ0) is 24.6. The van der Waals surface area contributed by atoms with Crippen LogP contribution in [0.15, 0.2) is 91.3 Å². The van der Waals surface area contributed by atoms with Gasteiger partial charge in [-0.3, -0.25) is 9.59 Å². The minimum absolute atomic E-state index is 0.0375. The third-order valence-electron chi connectivity index (χ3n) is 5.24. The van der Waals surface area contributed by atoms with Crippen LogP contribution in [0.2, 0.25) is 5.02 Å². The molecule has 7 nitrogen and oxygen atoms in total.